The number of aliphatic hydroxyl groups is 1. The summed E-state index contributed by atoms with van der Waals surface area (Å²) in [7, 11) is 0. The highest BCUT2D eigenvalue weighted by molar-refractivity contribution is 9.10. The van der Waals surface area contributed by atoms with Gasteiger partial charge in [-0.3, -0.25) is 9.59 Å². The summed E-state index contributed by atoms with van der Waals surface area (Å²) in [4.78, 5) is 39.6. The third-order valence-corrected chi connectivity index (χ3v) is 11.1. The van der Waals surface area contributed by atoms with Gasteiger partial charge >= 0.3 is 5.97 Å². The molecule has 4 saturated carbocycles. The smallest absolute Gasteiger partial charge is 0.327 e. The molecular weight excluding hydrogens is 446 g/mol. The van der Waals surface area contributed by atoms with Crippen molar-refractivity contribution in [1.82, 2.24) is 4.90 Å². The van der Waals surface area contributed by atoms with Gasteiger partial charge < -0.3 is 15.1 Å². The molecule has 4 bridgehead atoms. The second kappa shape index (κ2) is 5.76. The SMILES string of the molecule is CC1(C)S[C@H]2N(C(=O)C2(Br)C(=O)C(O)C23CC4CC(CC(C4)C2)C3)[C@H]1C(=O)O. The van der Waals surface area contributed by atoms with Gasteiger partial charge in [0.25, 0.3) is 5.91 Å². The predicted molar refractivity (Wildman–Crippen MR) is 107 cm³/mol. The summed E-state index contributed by atoms with van der Waals surface area (Å²) in [5.74, 6) is -0.275. The fourth-order valence-electron chi connectivity index (χ4n) is 7.24. The molecule has 2 saturated heterocycles. The Morgan fingerprint density at radius 2 is 1.64 bits per heavy atom. The third kappa shape index (κ3) is 2.28. The van der Waals surface area contributed by atoms with E-state index in [1.807, 2.05) is 0 Å². The zero-order valence-corrected chi connectivity index (χ0v) is 18.5. The molecule has 2 aliphatic heterocycles. The number of Topliss-reactive ketones (excluding diaryl/α,β-unsaturated/α-hetero) is 1. The van der Waals surface area contributed by atoms with Crippen molar-refractivity contribution in [2.45, 2.75) is 79.0 Å². The quantitative estimate of drug-likeness (QED) is 0.371. The first-order valence-corrected chi connectivity index (χ1v) is 11.8. The average molecular weight is 472 g/mol. The molecule has 6 fully saturated rings. The number of fused-ring (bicyclic) bond motifs is 1. The number of aliphatic carboxylic acids is 1. The molecule has 4 atom stereocenters. The van der Waals surface area contributed by atoms with Gasteiger partial charge in [0.1, 0.15) is 17.5 Å². The molecule has 1 amide bonds. The number of aliphatic hydroxyl groups excluding tert-OH is 1. The van der Waals surface area contributed by atoms with E-state index in [0.29, 0.717) is 17.8 Å². The Kier molecular flexibility index (Phi) is 3.98. The normalized spacial score (nSPS) is 48.9. The Bertz CT molecular complexity index is 749. The summed E-state index contributed by atoms with van der Waals surface area (Å²) in [5, 5.41) is 20.3. The number of rotatable bonds is 4. The fraction of sp³-hybridized carbons (Fsp3) is 0.850. The van der Waals surface area contributed by atoms with Crippen LogP contribution in [0, 0.1) is 23.2 Å². The van der Waals surface area contributed by atoms with Crippen molar-refractivity contribution in [3.63, 3.8) is 0 Å². The zero-order chi connectivity index (χ0) is 20.2. The molecule has 0 aromatic rings. The number of halogens is 1. The van der Waals surface area contributed by atoms with Crippen LogP contribution in [0.5, 0.6) is 0 Å². The van der Waals surface area contributed by atoms with Gasteiger partial charge in [0.15, 0.2) is 10.1 Å². The number of amides is 1. The largest absolute Gasteiger partial charge is 0.480 e. The Labute approximate surface area is 176 Å². The number of carboxylic acids is 1. The monoisotopic (exact) mass is 471 g/mol. The lowest BCUT2D eigenvalue weighted by Gasteiger charge is -2.59. The lowest BCUT2D eigenvalue weighted by molar-refractivity contribution is -0.171. The third-order valence-electron chi connectivity index (χ3n) is 8.00. The molecule has 6 aliphatic rings. The first-order valence-electron chi connectivity index (χ1n) is 10.1. The molecule has 8 heteroatoms. The van der Waals surface area contributed by atoms with Crippen molar-refractivity contribution < 1.29 is 24.6 Å². The number of β-lactam (4-membered cyclic amide) rings is 1. The first kappa shape index (κ1) is 19.4. The molecule has 2 N–H and O–H groups in total. The lowest BCUT2D eigenvalue weighted by atomic mass is 9.47. The number of carbonyl (C=O) groups is 3. The van der Waals surface area contributed by atoms with Crippen molar-refractivity contribution in [1.29, 1.82) is 0 Å². The van der Waals surface area contributed by atoms with E-state index >= 15 is 0 Å². The van der Waals surface area contributed by atoms with E-state index in [2.05, 4.69) is 15.9 Å². The standard InChI is InChI=1S/C20H26BrNO5S/c1-18(2)12(15(25)26)22-16(27)20(21,17(22)28-18)14(24)13(23)19-6-9-3-10(7-19)5-11(4-9)8-19/h9-13,17,23H,3-8H2,1-2H3,(H,25,26)/t9?,10?,11?,12-,13?,17+,19?,20?/m0/s1. The molecule has 4 aliphatic carbocycles. The van der Waals surface area contributed by atoms with Crippen molar-refractivity contribution >= 4 is 45.4 Å². The Balaban J connectivity index is 1.43. The second-order valence-corrected chi connectivity index (χ2v) is 13.3. The maximum absolute atomic E-state index is 13.5. The van der Waals surface area contributed by atoms with Crippen LogP contribution in [-0.4, -0.2) is 59.4 Å². The Morgan fingerprint density at radius 1 is 1.14 bits per heavy atom. The van der Waals surface area contributed by atoms with E-state index in [9.17, 15) is 24.6 Å². The van der Waals surface area contributed by atoms with E-state index < -0.39 is 49.7 Å². The van der Waals surface area contributed by atoms with Crippen LogP contribution in [0.15, 0.2) is 0 Å². The number of alkyl halides is 1. The maximum Gasteiger partial charge on any atom is 0.327 e. The molecule has 6 nitrogen and oxygen atoms in total. The van der Waals surface area contributed by atoms with Crippen LogP contribution in [0.25, 0.3) is 0 Å². The van der Waals surface area contributed by atoms with Crippen LogP contribution >= 0.6 is 27.7 Å². The van der Waals surface area contributed by atoms with Crippen LogP contribution in [0.3, 0.4) is 0 Å². The molecule has 0 aromatic carbocycles. The Morgan fingerprint density at radius 3 is 2.11 bits per heavy atom. The van der Waals surface area contributed by atoms with Crippen molar-refractivity contribution in [2.75, 3.05) is 0 Å². The van der Waals surface area contributed by atoms with Gasteiger partial charge in [0, 0.05) is 10.2 Å². The second-order valence-electron chi connectivity index (χ2n) is 10.3. The summed E-state index contributed by atoms with van der Waals surface area (Å²) < 4.78 is -2.21. The summed E-state index contributed by atoms with van der Waals surface area (Å²) in [6.45, 7) is 3.57. The summed E-state index contributed by atoms with van der Waals surface area (Å²) in [6.07, 6.45) is 5.06. The topological polar surface area (TPSA) is 94.9 Å². The van der Waals surface area contributed by atoms with Crippen molar-refractivity contribution in [2.24, 2.45) is 23.2 Å². The molecule has 6 rings (SSSR count). The number of thioether (sulfide) groups is 1. The number of hydrogen-bond donors (Lipinski definition) is 2. The van der Waals surface area contributed by atoms with E-state index in [0.717, 1.165) is 19.3 Å². The van der Waals surface area contributed by atoms with E-state index in [1.165, 1.54) is 35.9 Å². The van der Waals surface area contributed by atoms with Gasteiger partial charge in [-0.25, -0.2) is 4.79 Å². The van der Waals surface area contributed by atoms with Gasteiger partial charge in [0.2, 0.25) is 0 Å². The summed E-state index contributed by atoms with van der Waals surface area (Å²) in [5.41, 5.74) is -0.404. The molecule has 0 spiro atoms. The molecule has 2 heterocycles. The molecule has 0 aromatic heterocycles. The van der Waals surface area contributed by atoms with Gasteiger partial charge in [-0.1, -0.05) is 15.9 Å². The predicted octanol–water partition coefficient (Wildman–Crippen LogP) is 2.41. The van der Waals surface area contributed by atoms with Crippen LogP contribution in [0.1, 0.15) is 52.4 Å². The highest BCUT2D eigenvalue weighted by atomic mass is 79.9. The lowest BCUT2D eigenvalue weighted by Crippen LogP contribution is -2.76. The molecule has 28 heavy (non-hydrogen) atoms. The highest BCUT2D eigenvalue weighted by Crippen LogP contribution is 2.64. The number of nitrogens with zero attached hydrogens (tertiary/aromatic N) is 1. The summed E-state index contributed by atoms with van der Waals surface area (Å²) >= 11 is 4.73. The number of carboxylic acid groups (broad SMARTS) is 1. The van der Waals surface area contributed by atoms with Crippen molar-refractivity contribution in [3.8, 4) is 0 Å². The van der Waals surface area contributed by atoms with Crippen LogP contribution < -0.4 is 0 Å². The number of carbonyl (C=O) groups excluding carboxylic acids is 2. The molecule has 0 radical (unpaired) electrons. The van der Waals surface area contributed by atoms with Gasteiger partial charge in [-0.15, -0.1) is 11.8 Å². The van der Waals surface area contributed by atoms with Crippen molar-refractivity contribution in [3.05, 3.63) is 0 Å². The first-order chi connectivity index (χ1) is 13.0. The minimum atomic E-state index is -1.51. The summed E-state index contributed by atoms with van der Waals surface area (Å²) in [6, 6.07) is -0.967. The van der Waals surface area contributed by atoms with Gasteiger partial charge in [0.05, 0.1) is 0 Å². The molecule has 2 unspecified atom stereocenters. The minimum Gasteiger partial charge on any atom is -0.480 e. The van der Waals surface area contributed by atoms with Gasteiger partial charge in [-0.05, 0) is 70.1 Å². The zero-order valence-electron chi connectivity index (χ0n) is 16.1. The van der Waals surface area contributed by atoms with E-state index in [-0.39, 0.29) is 0 Å². The number of ketones is 1. The van der Waals surface area contributed by atoms with Crippen LogP contribution in [-0.2, 0) is 14.4 Å². The van der Waals surface area contributed by atoms with Gasteiger partial charge in [-0.2, -0.15) is 0 Å². The number of hydrogen-bond acceptors (Lipinski definition) is 5. The highest BCUT2D eigenvalue weighted by Gasteiger charge is 2.75. The van der Waals surface area contributed by atoms with E-state index in [4.69, 9.17) is 0 Å². The minimum absolute atomic E-state index is 0.404. The van der Waals surface area contributed by atoms with E-state index in [1.54, 1.807) is 13.8 Å². The van der Waals surface area contributed by atoms with Crippen LogP contribution in [0.4, 0.5) is 0 Å². The Hall–Kier alpha value is -0.600. The molecular formula is C20H26BrNO5S. The maximum atomic E-state index is 13.5. The average Bonchev–Trinajstić information content (AvgIpc) is 2.88. The van der Waals surface area contributed by atoms with Crippen LogP contribution in [0.2, 0.25) is 0 Å². The fourth-order valence-corrected chi connectivity index (χ4v) is 9.79. The molecule has 154 valence electrons.